The summed E-state index contributed by atoms with van der Waals surface area (Å²) in [5.74, 6) is -0.528. The van der Waals surface area contributed by atoms with Crippen molar-refractivity contribution >= 4 is 0 Å². The number of rotatable bonds is 3. The molecule has 2 aromatic rings. The average Bonchev–Trinajstić information content (AvgIpc) is 2.89. The van der Waals surface area contributed by atoms with Crippen molar-refractivity contribution in [2.75, 3.05) is 0 Å². The summed E-state index contributed by atoms with van der Waals surface area (Å²) in [6, 6.07) is 3.60. The van der Waals surface area contributed by atoms with Gasteiger partial charge in [0.05, 0.1) is 5.69 Å². The van der Waals surface area contributed by atoms with Gasteiger partial charge < -0.3 is 5.32 Å². The number of hydrogen-bond acceptors (Lipinski definition) is 3. The van der Waals surface area contributed by atoms with Crippen LogP contribution in [0.15, 0.2) is 18.2 Å². The maximum Gasteiger partial charge on any atom is 0.133 e. The predicted octanol–water partition coefficient (Wildman–Crippen LogP) is 2.51. The Balaban J connectivity index is 1.95. The van der Waals surface area contributed by atoms with Crippen LogP contribution in [-0.4, -0.2) is 9.97 Å². The fourth-order valence-corrected chi connectivity index (χ4v) is 2.50. The smallest absolute Gasteiger partial charge is 0.133 e. The van der Waals surface area contributed by atoms with Crippen LogP contribution in [0.2, 0.25) is 0 Å². The topological polar surface area (TPSA) is 37.8 Å². The first-order valence-electron chi connectivity index (χ1n) is 6.69. The Morgan fingerprint density at radius 3 is 2.80 bits per heavy atom. The highest BCUT2D eigenvalue weighted by Crippen LogP contribution is 2.19. The third-order valence-corrected chi connectivity index (χ3v) is 3.52. The van der Waals surface area contributed by atoms with Crippen LogP contribution >= 0.6 is 0 Å². The zero-order valence-corrected chi connectivity index (χ0v) is 11.2. The largest absolute Gasteiger partial charge is 0.307 e. The van der Waals surface area contributed by atoms with E-state index < -0.39 is 11.6 Å². The molecule has 20 heavy (non-hydrogen) atoms. The zero-order chi connectivity index (χ0) is 14.1. The fourth-order valence-electron chi connectivity index (χ4n) is 2.50. The van der Waals surface area contributed by atoms with Crippen molar-refractivity contribution in [3.63, 3.8) is 0 Å². The molecule has 5 heteroatoms. The molecular weight excluding hydrogens is 260 g/mol. The lowest BCUT2D eigenvalue weighted by atomic mass is 10.1. The van der Waals surface area contributed by atoms with Crippen LogP contribution in [-0.2, 0) is 25.9 Å². The minimum Gasteiger partial charge on any atom is -0.307 e. The number of fused-ring (bicyclic) bond motifs is 1. The summed E-state index contributed by atoms with van der Waals surface area (Å²) in [5, 5.41) is 3.25. The molecule has 3 nitrogen and oxygen atoms in total. The van der Waals surface area contributed by atoms with E-state index >= 15 is 0 Å². The third-order valence-electron chi connectivity index (χ3n) is 3.52. The molecule has 0 fully saturated rings. The standard InChI is InChI=1S/C15H15F2N3/c1-2-13-11-7-18-8-14(11)20-15(19-13)5-9-3-4-10(16)6-12(9)17/h3-4,6,18H,2,5,7-8H2,1H3. The number of aryl methyl sites for hydroxylation is 1. The van der Waals surface area contributed by atoms with Crippen molar-refractivity contribution in [2.45, 2.75) is 32.9 Å². The Kier molecular flexibility index (Phi) is 3.44. The van der Waals surface area contributed by atoms with E-state index in [9.17, 15) is 8.78 Å². The van der Waals surface area contributed by atoms with Crippen LogP contribution in [0.1, 0.15) is 35.3 Å². The van der Waals surface area contributed by atoms with Gasteiger partial charge in [0.25, 0.3) is 0 Å². The van der Waals surface area contributed by atoms with Gasteiger partial charge in [0.15, 0.2) is 0 Å². The first-order valence-corrected chi connectivity index (χ1v) is 6.69. The van der Waals surface area contributed by atoms with E-state index in [1.807, 2.05) is 6.92 Å². The molecule has 0 bridgehead atoms. The lowest BCUT2D eigenvalue weighted by molar-refractivity contribution is 0.573. The summed E-state index contributed by atoms with van der Waals surface area (Å²) in [6.07, 6.45) is 1.11. The summed E-state index contributed by atoms with van der Waals surface area (Å²) < 4.78 is 26.6. The van der Waals surface area contributed by atoms with Gasteiger partial charge in [-0.25, -0.2) is 18.7 Å². The van der Waals surface area contributed by atoms with Crippen molar-refractivity contribution < 1.29 is 8.78 Å². The van der Waals surface area contributed by atoms with Gasteiger partial charge in [0.2, 0.25) is 0 Å². The fraction of sp³-hybridized carbons (Fsp3) is 0.333. The first-order chi connectivity index (χ1) is 9.67. The van der Waals surface area contributed by atoms with E-state index in [0.29, 0.717) is 11.4 Å². The molecule has 1 aliphatic rings. The summed E-state index contributed by atoms with van der Waals surface area (Å²) in [7, 11) is 0. The molecule has 104 valence electrons. The monoisotopic (exact) mass is 275 g/mol. The molecule has 0 saturated heterocycles. The number of nitrogens with one attached hydrogen (secondary N) is 1. The van der Waals surface area contributed by atoms with Crippen molar-refractivity contribution in [3.8, 4) is 0 Å². The van der Waals surface area contributed by atoms with Crippen LogP contribution in [0, 0.1) is 11.6 Å². The molecule has 3 rings (SSSR count). The van der Waals surface area contributed by atoms with E-state index in [1.54, 1.807) is 0 Å². The van der Waals surface area contributed by atoms with E-state index in [4.69, 9.17) is 0 Å². The van der Waals surface area contributed by atoms with Gasteiger partial charge in [-0.1, -0.05) is 13.0 Å². The van der Waals surface area contributed by atoms with Crippen LogP contribution in [0.4, 0.5) is 8.78 Å². The normalized spacial score (nSPS) is 13.6. The van der Waals surface area contributed by atoms with E-state index in [0.717, 1.165) is 42.5 Å². The van der Waals surface area contributed by atoms with Crippen LogP contribution in [0.25, 0.3) is 0 Å². The van der Waals surface area contributed by atoms with Crippen LogP contribution in [0.5, 0.6) is 0 Å². The van der Waals surface area contributed by atoms with Gasteiger partial charge in [-0.2, -0.15) is 0 Å². The van der Waals surface area contributed by atoms with Crippen molar-refractivity contribution in [3.05, 3.63) is 58.2 Å². The molecule has 1 aromatic carbocycles. The SMILES string of the molecule is CCc1nc(Cc2ccc(F)cc2F)nc2c1CNC2. The van der Waals surface area contributed by atoms with Crippen molar-refractivity contribution in [1.29, 1.82) is 0 Å². The highest BCUT2D eigenvalue weighted by Gasteiger charge is 2.18. The summed E-state index contributed by atoms with van der Waals surface area (Å²) in [6.45, 7) is 3.57. The van der Waals surface area contributed by atoms with Crippen molar-refractivity contribution in [1.82, 2.24) is 15.3 Å². The van der Waals surface area contributed by atoms with Gasteiger partial charge in [0, 0.05) is 36.8 Å². The van der Waals surface area contributed by atoms with Gasteiger partial charge in [0.1, 0.15) is 17.5 Å². The molecule has 0 atom stereocenters. The third kappa shape index (κ3) is 2.41. The molecule has 0 unspecified atom stereocenters. The molecule has 0 aliphatic carbocycles. The lowest BCUT2D eigenvalue weighted by Gasteiger charge is -2.08. The molecule has 2 heterocycles. The summed E-state index contributed by atoms with van der Waals surface area (Å²) >= 11 is 0. The van der Waals surface area contributed by atoms with Gasteiger partial charge >= 0.3 is 0 Å². The molecule has 0 amide bonds. The van der Waals surface area contributed by atoms with Crippen LogP contribution in [0.3, 0.4) is 0 Å². The molecular formula is C15H15F2N3. The molecule has 0 spiro atoms. The molecule has 0 saturated carbocycles. The predicted molar refractivity (Wildman–Crippen MR) is 71.1 cm³/mol. The maximum atomic E-state index is 13.7. The molecule has 1 aromatic heterocycles. The second-order valence-electron chi connectivity index (χ2n) is 4.88. The minimum atomic E-state index is -0.570. The molecule has 0 radical (unpaired) electrons. The van der Waals surface area contributed by atoms with Gasteiger partial charge in [-0.3, -0.25) is 0 Å². The molecule has 1 N–H and O–H groups in total. The number of hydrogen-bond donors (Lipinski definition) is 1. The number of benzene rings is 1. The van der Waals surface area contributed by atoms with E-state index in [1.165, 1.54) is 12.1 Å². The lowest BCUT2D eigenvalue weighted by Crippen LogP contribution is -2.07. The number of nitrogens with zero attached hydrogens (tertiary/aromatic N) is 2. The Hall–Kier alpha value is -1.88. The summed E-state index contributed by atoms with van der Waals surface area (Å²) in [5.41, 5.74) is 3.59. The number of aromatic nitrogens is 2. The zero-order valence-electron chi connectivity index (χ0n) is 11.2. The Labute approximate surface area is 116 Å². The van der Waals surface area contributed by atoms with Gasteiger partial charge in [-0.05, 0) is 18.1 Å². The Bertz CT molecular complexity index is 656. The van der Waals surface area contributed by atoms with Crippen LogP contribution < -0.4 is 5.32 Å². The Morgan fingerprint density at radius 2 is 2.05 bits per heavy atom. The Morgan fingerprint density at radius 1 is 1.20 bits per heavy atom. The minimum absolute atomic E-state index is 0.284. The van der Waals surface area contributed by atoms with Crippen molar-refractivity contribution in [2.24, 2.45) is 0 Å². The van der Waals surface area contributed by atoms with Gasteiger partial charge in [-0.15, -0.1) is 0 Å². The first kappa shape index (κ1) is 13.1. The summed E-state index contributed by atoms with van der Waals surface area (Å²) in [4.78, 5) is 9.00. The maximum absolute atomic E-state index is 13.7. The second kappa shape index (κ2) is 5.25. The second-order valence-corrected chi connectivity index (χ2v) is 4.88. The average molecular weight is 275 g/mol. The van der Waals surface area contributed by atoms with E-state index in [2.05, 4.69) is 15.3 Å². The molecule has 1 aliphatic heterocycles. The highest BCUT2D eigenvalue weighted by molar-refractivity contribution is 5.31. The van der Waals surface area contributed by atoms with E-state index in [-0.39, 0.29) is 6.42 Å². The quantitative estimate of drug-likeness (QED) is 0.935. The highest BCUT2D eigenvalue weighted by atomic mass is 19.1. The number of halogens is 2.